The molecule has 18 heavy (non-hydrogen) atoms. The number of nitrogens with one attached hydrogen (secondary N) is 1. The summed E-state index contributed by atoms with van der Waals surface area (Å²) >= 11 is 0. The summed E-state index contributed by atoms with van der Waals surface area (Å²) in [6.07, 6.45) is 1.96. The molecule has 1 fully saturated rings. The van der Waals surface area contributed by atoms with Crippen LogP contribution in [0.15, 0.2) is 18.2 Å². The van der Waals surface area contributed by atoms with Crippen molar-refractivity contribution in [3.05, 3.63) is 35.4 Å². The summed E-state index contributed by atoms with van der Waals surface area (Å²) in [6, 6.07) is 2.87. The first kappa shape index (κ1) is 13.0. The van der Waals surface area contributed by atoms with E-state index in [1.54, 1.807) is 0 Å². The number of benzene rings is 1. The molecule has 0 aliphatic heterocycles. The van der Waals surface area contributed by atoms with Crippen LogP contribution >= 0.6 is 0 Å². The highest BCUT2D eigenvalue weighted by Crippen LogP contribution is 2.24. The van der Waals surface area contributed by atoms with Gasteiger partial charge in [0.15, 0.2) is 0 Å². The van der Waals surface area contributed by atoms with Crippen molar-refractivity contribution >= 4 is 5.91 Å². The lowest BCUT2D eigenvalue weighted by molar-refractivity contribution is 0.0941. The van der Waals surface area contributed by atoms with Gasteiger partial charge in [-0.1, -0.05) is 0 Å². The summed E-state index contributed by atoms with van der Waals surface area (Å²) < 4.78 is 26.0. The van der Waals surface area contributed by atoms with Crippen molar-refractivity contribution in [3.63, 3.8) is 0 Å². The number of rotatable bonds is 3. The highest BCUT2D eigenvalue weighted by atomic mass is 19.1. The summed E-state index contributed by atoms with van der Waals surface area (Å²) in [6.45, 7) is 0.409. The molecule has 2 N–H and O–H groups in total. The Morgan fingerprint density at radius 3 is 2.78 bits per heavy atom. The van der Waals surface area contributed by atoms with Gasteiger partial charge in [0.05, 0.1) is 11.7 Å². The third-order valence-corrected chi connectivity index (χ3v) is 3.24. The Bertz CT molecular complexity index is 451. The molecule has 0 radical (unpaired) electrons. The van der Waals surface area contributed by atoms with E-state index in [1.165, 1.54) is 0 Å². The number of hydrogen-bond acceptors (Lipinski definition) is 2. The van der Waals surface area contributed by atoms with Crippen LogP contribution in [0.3, 0.4) is 0 Å². The zero-order valence-corrected chi connectivity index (χ0v) is 9.83. The van der Waals surface area contributed by atoms with Crippen LogP contribution in [0.4, 0.5) is 8.78 Å². The Hall–Kier alpha value is -1.49. The fourth-order valence-corrected chi connectivity index (χ4v) is 2.24. The van der Waals surface area contributed by atoms with Crippen LogP contribution in [0.2, 0.25) is 0 Å². The predicted molar refractivity (Wildman–Crippen MR) is 62.0 cm³/mol. The maximum absolute atomic E-state index is 13.3. The van der Waals surface area contributed by atoms with Crippen molar-refractivity contribution in [1.82, 2.24) is 5.32 Å². The van der Waals surface area contributed by atoms with Crippen LogP contribution in [0.1, 0.15) is 29.6 Å². The topological polar surface area (TPSA) is 49.3 Å². The predicted octanol–water partition coefficient (Wildman–Crippen LogP) is 1.86. The molecule has 98 valence electrons. The van der Waals surface area contributed by atoms with E-state index < -0.39 is 17.5 Å². The standard InChI is InChI=1S/C13H15F2NO2/c14-9-2-4-11(12(15)6-9)13(18)16-7-8-1-3-10(17)5-8/h2,4,6,8,10,17H,1,3,5,7H2,(H,16,18). The molecule has 0 bridgehead atoms. The Balaban J connectivity index is 1.91. The Kier molecular flexibility index (Phi) is 3.91. The molecule has 0 spiro atoms. The lowest BCUT2D eigenvalue weighted by atomic mass is 10.1. The quantitative estimate of drug-likeness (QED) is 0.866. The average molecular weight is 255 g/mol. The van der Waals surface area contributed by atoms with Crippen LogP contribution in [0, 0.1) is 17.6 Å². The maximum atomic E-state index is 13.3. The van der Waals surface area contributed by atoms with Gasteiger partial charge in [-0.3, -0.25) is 4.79 Å². The number of carbonyl (C=O) groups excluding carboxylic acids is 1. The van der Waals surface area contributed by atoms with E-state index in [0.29, 0.717) is 19.0 Å². The van der Waals surface area contributed by atoms with Crippen molar-refractivity contribution in [2.24, 2.45) is 5.92 Å². The number of hydrogen-bond donors (Lipinski definition) is 2. The van der Waals surface area contributed by atoms with Gasteiger partial charge in [-0.05, 0) is 37.3 Å². The Labute approximate surface area is 104 Å². The summed E-state index contributed by atoms with van der Waals surface area (Å²) in [5, 5.41) is 12.0. The molecule has 2 rings (SSSR count). The summed E-state index contributed by atoms with van der Waals surface area (Å²) in [5.74, 6) is -1.89. The summed E-state index contributed by atoms with van der Waals surface area (Å²) in [7, 11) is 0. The summed E-state index contributed by atoms with van der Waals surface area (Å²) in [4.78, 5) is 11.7. The molecule has 1 aliphatic rings. The van der Waals surface area contributed by atoms with Gasteiger partial charge in [-0.2, -0.15) is 0 Å². The number of amides is 1. The lowest BCUT2D eigenvalue weighted by Gasteiger charge is -2.11. The highest BCUT2D eigenvalue weighted by Gasteiger charge is 2.23. The Morgan fingerprint density at radius 1 is 1.39 bits per heavy atom. The molecule has 0 saturated heterocycles. The van der Waals surface area contributed by atoms with Crippen molar-refractivity contribution in [3.8, 4) is 0 Å². The third kappa shape index (κ3) is 3.04. The first-order valence-electron chi connectivity index (χ1n) is 5.97. The van der Waals surface area contributed by atoms with Crippen molar-refractivity contribution < 1.29 is 18.7 Å². The van der Waals surface area contributed by atoms with Gasteiger partial charge in [-0.25, -0.2) is 8.78 Å². The maximum Gasteiger partial charge on any atom is 0.254 e. The molecule has 1 saturated carbocycles. The molecule has 0 aromatic heterocycles. The van der Waals surface area contributed by atoms with E-state index in [9.17, 15) is 18.7 Å². The largest absolute Gasteiger partial charge is 0.393 e. The zero-order valence-electron chi connectivity index (χ0n) is 9.83. The van der Waals surface area contributed by atoms with Gasteiger partial charge in [0.1, 0.15) is 11.6 Å². The van der Waals surface area contributed by atoms with Crippen molar-refractivity contribution in [1.29, 1.82) is 0 Å². The third-order valence-electron chi connectivity index (χ3n) is 3.24. The van der Waals surface area contributed by atoms with Crippen LogP contribution < -0.4 is 5.32 Å². The van der Waals surface area contributed by atoms with Crippen LogP contribution in [0.5, 0.6) is 0 Å². The van der Waals surface area contributed by atoms with Gasteiger partial charge in [0.2, 0.25) is 0 Å². The molecule has 1 aliphatic carbocycles. The van der Waals surface area contributed by atoms with E-state index in [-0.39, 0.29) is 17.6 Å². The van der Waals surface area contributed by atoms with Gasteiger partial charge < -0.3 is 10.4 Å². The van der Waals surface area contributed by atoms with Gasteiger partial charge in [-0.15, -0.1) is 0 Å². The van der Waals surface area contributed by atoms with Crippen molar-refractivity contribution in [2.75, 3.05) is 6.54 Å². The van der Waals surface area contributed by atoms with E-state index in [4.69, 9.17) is 0 Å². The minimum atomic E-state index is -0.862. The van der Waals surface area contributed by atoms with E-state index >= 15 is 0 Å². The molecule has 3 nitrogen and oxygen atoms in total. The average Bonchev–Trinajstić information content (AvgIpc) is 2.72. The molecule has 1 aromatic carbocycles. The van der Waals surface area contributed by atoms with Crippen molar-refractivity contribution in [2.45, 2.75) is 25.4 Å². The van der Waals surface area contributed by atoms with Crippen LogP contribution in [-0.4, -0.2) is 23.7 Å². The first-order chi connectivity index (χ1) is 8.56. The minimum Gasteiger partial charge on any atom is -0.393 e. The zero-order chi connectivity index (χ0) is 13.1. The molecule has 1 aromatic rings. The Morgan fingerprint density at radius 2 is 2.17 bits per heavy atom. The first-order valence-corrected chi connectivity index (χ1v) is 5.97. The molecule has 1 amide bonds. The molecule has 5 heteroatoms. The monoisotopic (exact) mass is 255 g/mol. The van der Waals surface area contributed by atoms with Gasteiger partial charge >= 0.3 is 0 Å². The van der Waals surface area contributed by atoms with Crippen LogP contribution in [-0.2, 0) is 0 Å². The molecule has 2 atom stereocenters. The fraction of sp³-hybridized carbons (Fsp3) is 0.462. The lowest BCUT2D eigenvalue weighted by Crippen LogP contribution is -2.29. The molecular formula is C13H15F2NO2. The minimum absolute atomic E-state index is 0.157. The van der Waals surface area contributed by atoms with Crippen LogP contribution in [0.25, 0.3) is 0 Å². The van der Waals surface area contributed by atoms with E-state index in [2.05, 4.69) is 5.32 Å². The van der Waals surface area contributed by atoms with E-state index in [1.807, 2.05) is 0 Å². The number of aliphatic hydroxyl groups excluding tert-OH is 1. The van der Waals surface area contributed by atoms with E-state index in [0.717, 1.165) is 25.0 Å². The molecule has 0 heterocycles. The normalized spacial score (nSPS) is 23.1. The second-order valence-electron chi connectivity index (χ2n) is 4.67. The smallest absolute Gasteiger partial charge is 0.254 e. The fourth-order valence-electron chi connectivity index (χ4n) is 2.24. The SMILES string of the molecule is O=C(NCC1CCC(O)C1)c1ccc(F)cc1F. The molecular weight excluding hydrogens is 240 g/mol. The number of halogens is 2. The van der Waals surface area contributed by atoms with Gasteiger partial charge in [0, 0.05) is 12.6 Å². The summed E-state index contributed by atoms with van der Waals surface area (Å²) in [5.41, 5.74) is -0.157. The molecule has 2 unspecified atom stereocenters. The van der Waals surface area contributed by atoms with Gasteiger partial charge in [0.25, 0.3) is 5.91 Å². The second-order valence-corrected chi connectivity index (χ2v) is 4.67. The second kappa shape index (κ2) is 5.44. The highest BCUT2D eigenvalue weighted by molar-refractivity contribution is 5.94. The number of carbonyl (C=O) groups is 1. The number of aliphatic hydroxyl groups is 1.